The maximum atomic E-state index is 10.0. The van der Waals surface area contributed by atoms with Crippen LogP contribution >= 0.6 is 0 Å². The fourth-order valence-electron chi connectivity index (χ4n) is 2.47. The van der Waals surface area contributed by atoms with Crippen molar-refractivity contribution >= 4 is 10.8 Å². The molecule has 0 atom stereocenters. The van der Waals surface area contributed by atoms with Crippen molar-refractivity contribution in [1.29, 1.82) is 0 Å². The molecular formula is C16H21NO2. The molecule has 2 rings (SSSR count). The molecule has 3 nitrogen and oxygen atoms in total. The Morgan fingerprint density at radius 2 is 1.68 bits per heavy atom. The van der Waals surface area contributed by atoms with Crippen molar-refractivity contribution in [3.63, 3.8) is 0 Å². The van der Waals surface area contributed by atoms with Gasteiger partial charge in [-0.25, -0.2) is 0 Å². The number of nitrogens with zero attached hydrogens (tertiary/aromatic N) is 1. The standard InChI is InChI=1S/C16H21NO2/c1-3-17(4-2)11-10-12-8-9-14(18)13-6-5-7-15(19)16(12)13/h5-9,18-19H,3-4,10-11H2,1-2H3. The van der Waals surface area contributed by atoms with Gasteiger partial charge in [-0.2, -0.15) is 0 Å². The van der Waals surface area contributed by atoms with Gasteiger partial charge in [0.2, 0.25) is 0 Å². The molecule has 0 saturated carbocycles. The summed E-state index contributed by atoms with van der Waals surface area (Å²) in [5, 5.41) is 21.4. The van der Waals surface area contributed by atoms with Gasteiger partial charge in [-0.05, 0) is 37.2 Å². The first-order chi connectivity index (χ1) is 9.17. The highest BCUT2D eigenvalue weighted by Gasteiger charge is 2.10. The third kappa shape index (κ3) is 2.82. The summed E-state index contributed by atoms with van der Waals surface area (Å²) in [7, 11) is 0. The predicted molar refractivity (Wildman–Crippen MR) is 78.8 cm³/mol. The normalized spacial score (nSPS) is 11.3. The molecule has 2 aromatic rings. The number of phenolic OH excluding ortho intramolecular Hbond substituents is 2. The highest BCUT2D eigenvalue weighted by molar-refractivity contribution is 5.95. The number of aromatic hydroxyl groups is 2. The lowest BCUT2D eigenvalue weighted by Gasteiger charge is -2.18. The summed E-state index contributed by atoms with van der Waals surface area (Å²) in [5.41, 5.74) is 1.08. The van der Waals surface area contributed by atoms with Crippen LogP contribution in [0.2, 0.25) is 0 Å². The Kier molecular flexibility index (Phi) is 4.27. The maximum Gasteiger partial charge on any atom is 0.123 e. The smallest absolute Gasteiger partial charge is 0.123 e. The molecule has 2 N–H and O–H groups in total. The number of hydrogen-bond acceptors (Lipinski definition) is 3. The van der Waals surface area contributed by atoms with Gasteiger partial charge < -0.3 is 15.1 Å². The van der Waals surface area contributed by atoms with Crippen LogP contribution in [-0.2, 0) is 6.42 Å². The number of rotatable bonds is 5. The fourth-order valence-corrected chi connectivity index (χ4v) is 2.47. The van der Waals surface area contributed by atoms with Gasteiger partial charge in [0.05, 0.1) is 0 Å². The van der Waals surface area contributed by atoms with E-state index >= 15 is 0 Å². The number of phenols is 2. The predicted octanol–water partition coefficient (Wildman–Crippen LogP) is 3.14. The van der Waals surface area contributed by atoms with Gasteiger partial charge in [-0.1, -0.05) is 32.0 Å². The van der Waals surface area contributed by atoms with Crippen molar-refractivity contribution < 1.29 is 10.2 Å². The molecule has 0 amide bonds. The monoisotopic (exact) mass is 259 g/mol. The van der Waals surface area contributed by atoms with Crippen LogP contribution < -0.4 is 0 Å². The van der Waals surface area contributed by atoms with E-state index in [0.717, 1.165) is 42.4 Å². The van der Waals surface area contributed by atoms with E-state index in [4.69, 9.17) is 0 Å². The van der Waals surface area contributed by atoms with Crippen molar-refractivity contribution in [1.82, 2.24) is 4.90 Å². The summed E-state index contributed by atoms with van der Waals surface area (Å²) in [6, 6.07) is 8.87. The molecule has 0 bridgehead atoms. The molecule has 0 heterocycles. The first kappa shape index (κ1) is 13.7. The Bertz CT molecular complexity index is 562. The van der Waals surface area contributed by atoms with Crippen LogP contribution in [-0.4, -0.2) is 34.7 Å². The van der Waals surface area contributed by atoms with E-state index in [1.54, 1.807) is 18.2 Å². The second-order valence-corrected chi connectivity index (χ2v) is 4.72. The molecule has 0 aromatic heterocycles. The Hall–Kier alpha value is -1.74. The minimum atomic E-state index is 0.220. The molecule has 0 aliphatic rings. The lowest BCUT2D eigenvalue weighted by Crippen LogP contribution is -2.25. The van der Waals surface area contributed by atoms with Gasteiger partial charge in [0.15, 0.2) is 0 Å². The van der Waals surface area contributed by atoms with E-state index in [1.165, 1.54) is 0 Å². The molecule has 0 fully saturated rings. The zero-order chi connectivity index (χ0) is 13.8. The molecule has 0 saturated heterocycles. The van der Waals surface area contributed by atoms with E-state index in [9.17, 15) is 10.2 Å². The first-order valence-corrected chi connectivity index (χ1v) is 6.82. The van der Waals surface area contributed by atoms with Crippen LogP contribution in [0, 0.1) is 0 Å². The van der Waals surface area contributed by atoms with E-state index in [-0.39, 0.29) is 11.5 Å². The Morgan fingerprint density at radius 3 is 2.37 bits per heavy atom. The second kappa shape index (κ2) is 5.93. The fraction of sp³-hybridized carbons (Fsp3) is 0.375. The highest BCUT2D eigenvalue weighted by Crippen LogP contribution is 2.33. The van der Waals surface area contributed by atoms with Gasteiger partial charge in [-0.15, -0.1) is 0 Å². The van der Waals surface area contributed by atoms with Crippen LogP contribution in [0.25, 0.3) is 10.8 Å². The molecule has 19 heavy (non-hydrogen) atoms. The largest absolute Gasteiger partial charge is 0.507 e. The SMILES string of the molecule is CCN(CC)CCc1ccc(O)c2cccc(O)c12. The van der Waals surface area contributed by atoms with Crippen molar-refractivity contribution in [3.8, 4) is 11.5 Å². The number of fused-ring (bicyclic) bond motifs is 1. The van der Waals surface area contributed by atoms with Crippen molar-refractivity contribution in [3.05, 3.63) is 35.9 Å². The molecule has 0 radical (unpaired) electrons. The van der Waals surface area contributed by atoms with Crippen molar-refractivity contribution in [2.45, 2.75) is 20.3 Å². The molecular weight excluding hydrogens is 238 g/mol. The lowest BCUT2D eigenvalue weighted by molar-refractivity contribution is 0.308. The van der Waals surface area contributed by atoms with Gasteiger partial charge in [0, 0.05) is 17.3 Å². The van der Waals surface area contributed by atoms with Crippen LogP contribution in [0.5, 0.6) is 11.5 Å². The van der Waals surface area contributed by atoms with Crippen LogP contribution in [0.4, 0.5) is 0 Å². The van der Waals surface area contributed by atoms with Crippen LogP contribution in [0.15, 0.2) is 30.3 Å². The Balaban J connectivity index is 2.36. The van der Waals surface area contributed by atoms with Crippen molar-refractivity contribution in [2.75, 3.05) is 19.6 Å². The third-order valence-corrected chi connectivity index (χ3v) is 3.67. The minimum absolute atomic E-state index is 0.220. The lowest BCUT2D eigenvalue weighted by atomic mass is 10.00. The van der Waals surface area contributed by atoms with Gasteiger partial charge in [0.1, 0.15) is 11.5 Å². The van der Waals surface area contributed by atoms with E-state index in [2.05, 4.69) is 18.7 Å². The zero-order valence-corrected chi connectivity index (χ0v) is 11.6. The zero-order valence-electron chi connectivity index (χ0n) is 11.6. The summed E-state index contributed by atoms with van der Waals surface area (Å²) in [6.45, 7) is 7.31. The van der Waals surface area contributed by atoms with Gasteiger partial charge in [0.25, 0.3) is 0 Å². The van der Waals surface area contributed by atoms with E-state index in [1.807, 2.05) is 12.1 Å². The van der Waals surface area contributed by atoms with Crippen molar-refractivity contribution in [2.24, 2.45) is 0 Å². The van der Waals surface area contributed by atoms with E-state index in [0.29, 0.717) is 0 Å². The number of likely N-dealkylation sites (N-methyl/N-ethyl adjacent to an activating group) is 1. The summed E-state index contributed by atoms with van der Waals surface area (Å²) in [6.07, 6.45) is 0.871. The first-order valence-electron chi connectivity index (χ1n) is 6.82. The van der Waals surface area contributed by atoms with Gasteiger partial charge in [-0.3, -0.25) is 0 Å². The summed E-state index contributed by atoms with van der Waals surface area (Å²) < 4.78 is 0. The number of benzene rings is 2. The van der Waals surface area contributed by atoms with Crippen LogP contribution in [0.1, 0.15) is 19.4 Å². The molecule has 0 unspecified atom stereocenters. The van der Waals surface area contributed by atoms with Gasteiger partial charge >= 0.3 is 0 Å². The molecule has 3 heteroatoms. The van der Waals surface area contributed by atoms with Crippen LogP contribution in [0.3, 0.4) is 0 Å². The minimum Gasteiger partial charge on any atom is -0.507 e. The van der Waals surface area contributed by atoms with E-state index < -0.39 is 0 Å². The topological polar surface area (TPSA) is 43.7 Å². The summed E-state index contributed by atoms with van der Waals surface area (Å²) in [5.74, 6) is 0.459. The Morgan fingerprint density at radius 1 is 0.947 bits per heavy atom. The average Bonchev–Trinajstić information content (AvgIpc) is 2.42. The molecule has 102 valence electrons. The summed E-state index contributed by atoms with van der Waals surface area (Å²) in [4.78, 5) is 2.35. The third-order valence-electron chi connectivity index (χ3n) is 3.67. The molecule has 0 spiro atoms. The summed E-state index contributed by atoms with van der Waals surface area (Å²) >= 11 is 0. The second-order valence-electron chi connectivity index (χ2n) is 4.72. The quantitative estimate of drug-likeness (QED) is 0.867. The molecule has 2 aromatic carbocycles. The maximum absolute atomic E-state index is 10.0. The molecule has 0 aliphatic heterocycles. The highest BCUT2D eigenvalue weighted by atomic mass is 16.3. The molecule has 0 aliphatic carbocycles. The average molecular weight is 259 g/mol. The Labute approximate surface area is 114 Å². The number of hydrogen-bond donors (Lipinski definition) is 2.